The molecule has 17 heavy (non-hydrogen) atoms. The Balaban J connectivity index is 2.12. The number of nitrogens with zero attached hydrogens (tertiary/aromatic N) is 3. The number of carbonyl (C=O) groups is 1. The monoisotopic (exact) mass is 295 g/mol. The highest BCUT2D eigenvalue weighted by molar-refractivity contribution is 9.10. The maximum absolute atomic E-state index is 10.4. The number of halogens is 1. The molecule has 0 aliphatic rings. The van der Waals surface area contributed by atoms with Crippen LogP contribution in [0.2, 0.25) is 0 Å². The SMILES string of the molecule is O=C(O)CCn1cc(-c2ccc(Br)cc2)nn1. The van der Waals surface area contributed by atoms with Gasteiger partial charge in [-0.25, -0.2) is 0 Å². The quantitative estimate of drug-likeness (QED) is 0.939. The van der Waals surface area contributed by atoms with E-state index in [0.717, 1.165) is 15.7 Å². The Morgan fingerprint density at radius 3 is 2.71 bits per heavy atom. The molecule has 1 aromatic heterocycles. The van der Waals surface area contributed by atoms with Crippen molar-refractivity contribution in [3.8, 4) is 11.3 Å². The molecule has 88 valence electrons. The van der Waals surface area contributed by atoms with Crippen LogP contribution in [-0.4, -0.2) is 26.1 Å². The van der Waals surface area contributed by atoms with E-state index in [0.29, 0.717) is 6.54 Å². The van der Waals surface area contributed by atoms with Crippen LogP contribution < -0.4 is 0 Å². The molecule has 0 radical (unpaired) electrons. The highest BCUT2D eigenvalue weighted by Crippen LogP contribution is 2.19. The molecule has 5 nitrogen and oxygen atoms in total. The van der Waals surface area contributed by atoms with Crippen molar-refractivity contribution in [1.29, 1.82) is 0 Å². The van der Waals surface area contributed by atoms with Crippen molar-refractivity contribution < 1.29 is 9.90 Å². The summed E-state index contributed by atoms with van der Waals surface area (Å²) in [5, 5.41) is 16.4. The summed E-state index contributed by atoms with van der Waals surface area (Å²) in [5.41, 5.74) is 1.69. The van der Waals surface area contributed by atoms with E-state index >= 15 is 0 Å². The zero-order chi connectivity index (χ0) is 12.3. The maximum Gasteiger partial charge on any atom is 0.305 e. The number of carboxylic acids is 1. The standard InChI is InChI=1S/C11H10BrN3O2/c12-9-3-1-8(2-4-9)10-7-15(14-13-10)6-5-11(16)17/h1-4,7H,5-6H2,(H,16,17). The van der Waals surface area contributed by atoms with Crippen molar-refractivity contribution in [3.63, 3.8) is 0 Å². The van der Waals surface area contributed by atoms with E-state index in [-0.39, 0.29) is 6.42 Å². The first kappa shape index (κ1) is 11.8. The molecule has 1 N–H and O–H groups in total. The predicted molar refractivity (Wildman–Crippen MR) is 65.4 cm³/mol. The fourth-order valence-electron chi connectivity index (χ4n) is 1.37. The van der Waals surface area contributed by atoms with Gasteiger partial charge in [0.05, 0.1) is 19.2 Å². The van der Waals surface area contributed by atoms with Crippen molar-refractivity contribution in [3.05, 3.63) is 34.9 Å². The molecule has 0 bridgehead atoms. The summed E-state index contributed by atoms with van der Waals surface area (Å²) in [4.78, 5) is 10.4. The zero-order valence-electron chi connectivity index (χ0n) is 8.88. The van der Waals surface area contributed by atoms with Gasteiger partial charge in [0, 0.05) is 10.0 Å². The minimum atomic E-state index is -0.842. The minimum absolute atomic E-state index is 0.0448. The average Bonchev–Trinajstić information content (AvgIpc) is 2.76. The summed E-state index contributed by atoms with van der Waals surface area (Å²) < 4.78 is 2.53. The molecule has 6 heteroatoms. The molecular weight excluding hydrogens is 286 g/mol. The van der Waals surface area contributed by atoms with Crippen molar-refractivity contribution in [2.45, 2.75) is 13.0 Å². The van der Waals surface area contributed by atoms with E-state index in [9.17, 15) is 4.79 Å². The normalized spacial score (nSPS) is 10.4. The molecule has 2 aromatic rings. The van der Waals surface area contributed by atoms with E-state index in [2.05, 4.69) is 26.2 Å². The molecule has 0 atom stereocenters. The third-order valence-corrected chi connectivity index (χ3v) is 2.76. The summed E-state index contributed by atoms with van der Waals surface area (Å²) in [6.07, 6.45) is 1.79. The lowest BCUT2D eigenvalue weighted by molar-refractivity contribution is -0.137. The number of carboxylic acid groups (broad SMARTS) is 1. The Kier molecular flexibility index (Phi) is 3.53. The van der Waals surface area contributed by atoms with Gasteiger partial charge in [-0.2, -0.15) is 0 Å². The van der Waals surface area contributed by atoms with E-state index in [4.69, 9.17) is 5.11 Å². The maximum atomic E-state index is 10.4. The summed E-state index contributed by atoms with van der Waals surface area (Å²) in [7, 11) is 0. The number of benzene rings is 1. The van der Waals surface area contributed by atoms with Gasteiger partial charge < -0.3 is 5.11 Å². The minimum Gasteiger partial charge on any atom is -0.481 e. The number of hydrogen-bond donors (Lipinski definition) is 1. The van der Waals surface area contributed by atoms with Crippen LogP contribution in [0.5, 0.6) is 0 Å². The Labute approximate surface area is 106 Å². The number of aliphatic carboxylic acids is 1. The molecule has 0 saturated heterocycles. The topological polar surface area (TPSA) is 68.0 Å². The van der Waals surface area contributed by atoms with Crippen LogP contribution in [0.1, 0.15) is 6.42 Å². The third-order valence-electron chi connectivity index (χ3n) is 2.23. The second-order valence-electron chi connectivity index (χ2n) is 3.52. The van der Waals surface area contributed by atoms with E-state index < -0.39 is 5.97 Å². The average molecular weight is 296 g/mol. The molecule has 0 aliphatic carbocycles. The predicted octanol–water partition coefficient (Wildman–Crippen LogP) is 2.18. The van der Waals surface area contributed by atoms with Crippen molar-refractivity contribution in [2.24, 2.45) is 0 Å². The van der Waals surface area contributed by atoms with E-state index in [1.807, 2.05) is 24.3 Å². The second kappa shape index (κ2) is 5.09. The van der Waals surface area contributed by atoms with Gasteiger partial charge in [-0.15, -0.1) is 5.10 Å². The largest absolute Gasteiger partial charge is 0.481 e. The Hall–Kier alpha value is -1.69. The second-order valence-corrected chi connectivity index (χ2v) is 4.43. The summed E-state index contributed by atoms with van der Waals surface area (Å²) in [5.74, 6) is -0.842. The lowest BCUT2D eigenvalue weighted by Gasteiger charge is -1.96. The number of aromatic nitrogens is 3. The molecule has 0 spiro atoms. The molecule has 1 heterocycles. The van der Waals surface area contributed by atoms with Crippen LogP contribution in [0.25, 0.3) is 11.3 Å². The first-order valence-corrected chi connectivity index (χ1v) is 5.82. The molecule has 0 fully saturated rings. The van der Waals surface area contributed by atoms with Crippen LogP contribution in [-0.2, 0) is 11.3 Å². The molecule has 0 amide bonds. The van der Waals surface area contributed by atoms with E-state index in [1.54, 1.807) is 6.20 Å². The smallest absolute Gasteiger partial charge is 0.305 e. The fraction of sp³-hybridized carbons (Fsp3) is 0.182. The third kappa shape index (κ3) is 3.13. The Bertz CT molecular complexity index is 522. The molecular formula is C11H10BrN3O2. The molecule has 0 unspecified atom stereocenters. The van der Waals surface area contributed by atoms with Crippen LogP contribution in [0.15, 0.2) is 34.9 Å². The first-order chi connectivity index (χ1) is 8.15. The van der Waals surface area contributed by atoms with Crippen molar-refractivity contribution in [2.75, 3.05) is 0 Å². The number of aryl methyl sites for hydroxylation is 1. The number of rotatable bonds is 4. The highest BCUT2D eigenvalue weighted by atomic mass is 79.9. The van der Waals surface area contributed by atoms with Crippen LogP contribution >= 0.6 is 15.9 Å². The summed E-state index contributed by atoms with van der Waals surface area (Å²) >= 11 is 3.36. The van der Waals surface area contributed by atoms with Crippen molar-refractivity contribution >= 4 is 21.9 Å². The Morgan fingerprint density at radius 1 is 1.35 bits per heavy atom. The lowest BCUT2D eigenvalue weighted by atomic mass is 10.2. The molecule has 0 aliphatic heterocycles. The van der Waals surface area contributed by atoms with Crippen LogP contribution in [0.3, 0.4) is 0 Å². The summed E-state index contributed by atoms with van der Waals surface area (Å²) in [6.45, 7) is 0.332. The zero-order valence-corrected chi connectivity index (χ0v) is 10.5. The van der Waals surface area contributed by atoms with Gasteiger partial charge in [-0.1, -0.05) is 33.3 Å². The number of hydrogen-bond acceptors (Lipinski definition) is 3. The van der Waals surface area contributed by atoms with Crippen molar-refractivity contribution in [1.82, 2.24) is 15.0 Å². The van der Waals surface area contributed by atoms with Gasteiger partial charge in [0.25, 0.3) is 0 Å². The van der Waals surface area contributed by atoms with Gasteiger partial charge >= 0.3 is 5.97 Å². The van der Waals surface area contributed by atoms with Gasteiger partial charge in [-0.05, 0) is 12.1 Å². The fourth-order valence-corrected chi connectivity index (χ4v) is 1.64. The van der Waals surface area contributed by atoms with Gasteiger partial charge in [0.1, 0.15) is 5.69 Å². The van der Waals surface area contributed by atoms with Crippen LogP contribution in [0, 0.1) is 0 Å². The molecule has 2 rings (SSSR count). The van der Waals surface area contributed by atoms with Gasteiger partial charge in [0.2, 0.25) is 0 Å². The van der Waals surface area contributed by atoms with Gasteiger partial charge in [-0.3, -0.25) is 9.48 Å². The van der Waals surface area contributed by atoms with Crippen LogP contribution in [0.4, 0.5) is 0 Å². The highest BCUT2D eigenvalue weighted by Gasteiger charge is 2.05. The lowest BCUT2D eigenvalue weighted by Crippen LogP contribution is -2.04. The first-order valence-electron chi connectivity index (χ1n) is 5.03. The summed E-state index contributed by atoms with van der Waals surface area (Å²) in [6, 6.07) is 7.70. The van der Waals surface area contributed by atoms with E-state index in [1.165, 1.54) is 4.68 Å². The molecule has 1 aromatic carbocycles. The Morgan fingerprint density at radius 2 is 2.06 bits per heavy atom. The van der Waals surface area contributed by atoms with Gasteiger partial charge in [0.15, 0.2) is 0 Å². The molecule has 0 saturated carbocycles.